The van der Waals surface area contributed by atoms with Gasteiger partial charge < -0.3 is 10.3 Å². The summed E-state index contributed by atoms with van der Waals surface area (Å²) in [4.78, 5) is 0. The molecule has 0 radical (unpaired) electrons. The number of anilines is 1. The van der Waals surface area contributed by atoms with Gasteiger partial charge in [-0.2, -0.15) is 5.10 Å². The van der Waals surface area contributed by atoms with Gasteiger partial charge in [0.15, 0.2) is 0 Å². The monoisotopic (exact) mass is 192 g/mol. The summed E-state index contributed by atoms with van der Waals surface area (Å²) in [5.74, 6) is 0.383. The van der Waals surface area contributed by atoms with Gasteiger partial charge in [-0.05, 0) is 12.5 Å². The lowest BCUT2D eigenvalue weighted by Crippen LogP contribution is -1.92. The minimum absolute atomic E-state index is 0.383. The average Bonchev–Trinajstić information content (AvgIpc) is 2.71. The smallest absolute Gasteiger partial charge is 0.225 e. The number of aromatic nitrogens is 3. The number of hydrogen-bond donors (Lipinski definition) is 1. The summed E-state index contributed by atoms with van der Waals surface area (Å²) >= 11 is 0. The fourth-order valence-corrected chi connectivity index (χ4v) is 1.41. The van der Waals surface area contributed by atoms with Crippen molar-refractivity contribution in [3.63, 3.8) is 0 Å². The molecule has 0 amide bonds. The number of nitrogens with zero attached hydrogens (tertiary/aromatic N) is 3. The molecule has 0 spiro atoms. The normalized spacial score (nSPS) is 10.7. The first-order chi connectivity index (χ1) is 6.72. The maximum Gasteiger partial charge on any atom is 0.225 e. The molecule has 2 heterocycles. The average molecular weight is 192 g/mol. The highest BCUT2D eigenvalue weighted by atomic mass is 16.5. The van der Waals surface area contributed by atoms with Gasteiger partial charge in [0.05, 0.1) is 0 Å². The van der Waals surface area contributed by atoms with Crippen LogP contribution < -0.4 is 5.73 Å². The first kappa shape index (κ1) is 8.80. The quantitative estimate of drug-likeness (QED) is 0.776. The van der Waals surface area contributed by atoms with Crippen molar-refractivity contribution in [2.24, 2.45) is 7.05 Å². The SMILES string of the molecule is CCc1c(-c2ccn(C)n2)noc1N. The van der Waals surface area contributed by atoms with E-state index in [-0.39, 0.29) is 0 Å². The van der Waals surface area contributed by atoms with Crippen molar-refractivity contribution in [2.45, 2.75) is 13.3 Å². The fraction of sp³-hybridized carbons (Fsp3) is 0.333. The van der Waals surface area contributed by atoms with Gasteiger partial charge in [0, 0.05) is 18.8 Å². The van der Waals surface area contributed by atoms with E-state index in [1.165, 1.54) is 0 Å². The Morgan fingerprint density at radius 1 is 1.57 bits per heavy atom. The Balaban J connectivity index is 2.51. The molecule has 2 aromatic heterocycles. The topological polar surface area (TPSA) is 69.9 Å². The molecule has 0 aliphatic carbocycles. The van der Waals surface area contributed by atoms with Crippen LogP contribution in [0.3, 0.4) is 0 Å². The molecule has 2 rings (SSSR count). The first-order valence-corrected chi connectivity index (χ1v) is 4.46. The van der Waals surface area contributed by atoms with Crippen LogP contribution in [-0.4, -0.2) is 14.9 Å². The summed E-state index contributed by atoms with van der Waals surface area (Å²) < 4.78 is 6.65. The third-order valence-electron chi connectivity index (χ3n) is 2.13. The molecular weight excluding hydrogens is 180 g/mol. The van der Waals surface area contributed by atoms with E-state index in [0.717, 1.165) is 23.4 Å². The minimum Gasteiger partial charge on any atom is -0.367 e. The highest BCUT2D eigenvalue weighted by molar-refractivity contribution is 5.63. The van der Waals surface area contributed by atoms with E-state index in [4.69, 9.17) is 10.3 Å². The second kappa shape index (κ2) is 3.17. The van der Waals surface area contributed by atoms with Gasteiger partial charge in [0.25, 0.3) is 0 Å². The zero-order valence-corrected chi connectivity index (χ0v) is 8.19. The molecule has 0 fully saturated rings. The molecule has 0 unspecified atom stereocenters. The van der Waals surface area contributed by atoms with Crippen LogP contribution >= 0.6 is 0 Å². The van der Waals surface area contributed by atoms with Gasteiger partial charge >= 0.3 is 0 Å². The summed E-state index contributed by atoms with van der Waals surface area (Å²) in [5, 5.41) is 8.14. The number of nitrogen functional groups attached to an aromatic ring is 1. The van der Waals surface area contributed by atoms with E-state index in [9.17, 15) is 0 Å². The van der Waals surface area contributed by atoms with E-state index < -0.39 is 0 Å². The highest BCUT2D eigenvalue weighted by Crippen LogP contribution is 2.25. The molecule has 74 valence electrons. The highest BCUT2D eigenvalue weighted by Gasteiger charge is 2.15. The van der Waals surface area contributed by atoms with Crippen LogP contribution in [0.1, 0.15) is 12.5 Å². The Kier molecular flexibility index (Phi) is 1.99. The van der Waals surface area contributed by atoms with Crippen molar-refractivity contribution in [1.29, 1.82) is 0 Å². The molecule has 5 nitrogen and oxygen atoms in total. The molecule has 0 saturated heterocycles. The largest absolute Gasteiger partial charge is 0.367 e. The van der Waals surface area contributed by atoms with E-state index >= 15 is 0 Å². The lowest BCUT2D eigenvalue weighted by molar-refractivity contribution is 0.438. The number of nitrogens with two attached hydrogens (primary N) is 1. The molecule has 0 atom stereocenters. The zero-order chi connectivity index (χ0) is 10.1. The number of rotatable bonds is 2. The molecule has 0 saturated carbocycles. The second-order valence-electron chi connectivity index (χ2n) is 3.10. The van der Waals surface area contributed by atoms with Crippen molar-refractivity contribution < 1.29 is 4.52 Å². The Labute approximate surface area is 81.5 Å². The van der Waals surface area contributed by atoms with Crippen molar-refractivity contribution in [2.75, 3.05) is 5.73 Å². The van der Waals surface area contributed by atoms with Crippen molar-refractivity contribution in [3.8, 4) is 11.4 Å². The summed E-state index contributed by atoms with van der Waals surface area (Å²) in [6.45, 7) is 2.01. The van der Waals surface area contributed by atoms with Crippen LogP contribution in [0.5, 0.6) is 0 Å². The van der Waals surface area contributed by atoms with Crippen molar-refractivity contribution in [3.05, 3.63) is 17.8 Å². The van der Waals surface area contributed by atoms with Crippen LogP contribution in [0.25, 0.3) is 11.4 Å². The first-order valence-electron chi connectivity index (χ1n) is 4.46. The number of hydrogen-bond acceptors (Lipinski definition) is 4. The lowest BCUT2D eigenvalue weighted by atomic mass is 10.1. The van der Waals surface area contributed by atoms with Gasteiger partial charge in [-0.25, -0.2) is 0 Å². The third kappa shape index (κ3) is 1.26. The van der Waals surface area contributed by atoms with E-state index in [0.29, 0.717) is 5.88 Å². The standard InChI is InChI=1S/C9H12N4O/c1-3-6-8(12-14-9(6)10)7-4-5-13(2)11-7/h4-5H,3,10H2,1-2H3. The zero-order valence-electron chi connectivity index (χ0n) is 8.19. The number of aryl methyl sites for hydroxylation is 1. The van der Waals surface area contributed by atoms with E-state index in [2.05, 4.69) is 10.3 Å². The van der Waals surface area contributed by atoms with Crippen LogP contribution in [0.15, 0.2) is 16.8 Å². The molecule has 0 aliphatic heterocycles. The summed E-state index contributed by atoms with van der Waals surface area (Å²) in [6.07, 6.45) is 2.65. The minimum atomic E-state index is 0.383. The van der Waals surface area contributed by atoms with Crippen molar-refractivity contribution >= 4 is 5.88 Å². The van der Waals surface area contributed by atoms with Crippen LogP contribution in [-0.2, 0) is 13.5 Å². The van der Waals surface area contributed by atoms with Gasteiger partial charge in [-0.1, -0.05) is 12.1 Å². The molecule has 2 N–H and O–H groups in total. The maximum atomic E-state index is 5.63. The Morgan fingerprint density at radius 3 is 2.93 bits per heavy atom. The second-order valence-corrected chi connectivity index (χ2v) is 3.10. The van der Waals surface area contributed by atoms with Gasteiger partial charge in [-0.3, -0.25) is 4.68 Å². The van der Waals surface area contributed by atoms with Gasteiger partial charge in [0.2, 0.25) is 5.88 Å². The lowest BCUT2D eigenvalue weighted by Gasteiger charge is -1.93. The van der Waals surface area contributed by atoms with Crippen LogP contribution in [0.4, 0.5) is 5.88 Å². The molecular formula is C9H12N4O. The summed E-state index contributed by atoms with van der Waals surface area (Å²) in [6, 6.07) is 1.89. The molecule has 14 heavy (non-hydrogen) atoms. The summed E-state index contributed by atoms with van der Waals surface area (Å²) in [7, 11) is 1.86. The Morgan fingerprint density at radius 2 is 2.36 bits per heavy atom. The van der Waals surface area contributed by atoms with Crippen molar-refractivity contribution in [1.82, 2.24) is 14.9 Å². The van der Waals surface area contributed by atoms with Gasteiger partial charge in [0.1, 0.15) is 11.4 Å². The maximum absolute atomic E-state index is 5.63. The molecule has 2 aromatic rings. The third-order valence-corrected chi connectivity index (χ3v) is 2.13. The Bertz CT molecular complexity index is 443. The van der Waals surface area contributed by atoms with E-state index in [1.807, 2.05) is 26.2 Å². The predicted octanol–water partition coefficient (Wildman–Crippen LogP) is 1.22. The molecule has 0 aliphatic rings. The van der Waals surface area contributed by atoms with Gasteiger partial charge in [-0.15, -0.1) is 0 Å². The fourth-order valence-electron chi connectivity index (χ4n) is 1.41. The van der Waals surface area contributed by atoms with Crippen LogP contribution in [0, 0.1) is 0 Å². The molecule has 0 bridgehead atoms. The molecule has 5 heteroatoms. The predicted molar refractivity (Wildman–Crippen MR) is 52.5 cm³/mol. The molecule has 0 aromatic carbocycles. The van der Waals surface area contributed by atoms with E-state index in [1.54, 1.807) is 4.68 Å². The Hall–Kier alpha value is -1.78. The summed E-state index contributed by atoms with van der Waals surface area (Å²) in [5.41, 5.74) is 8.09. The van der Waals surface area contributed by atoms with Crippen LogP contribution in [0.2, 0.25) is 0 Å².